The van der Waals surface area contributed by atoms with Gasteiger partial charge in [-0.05, 0) is 46.6 Å². The van der Waals surface area contributed by atoms with Crippen molar-refractivity contribution in [1.82, 2.24) is 10.2 Å². The highest BCUT2D eigenvalue weighted by Gasteiger charge is 2.29. The van der Waals surface area contributed by atoms with Crippen molar-refractivity contribution in [2.24, 2.45) is 0 Å². The van der Waals surface area contributed by atoms with Crippen LogP contribution in [0.15, 0.2) is 0 Å². The number of rotatable bonds is 3. The average Bonchev–Trinajstić information content (AvgIpc) is 2.24. The number of amides is 1. The van der Waals surface area contributed by atoms with E-state index >= 15 is 0 Å². The summed E-state index contributed by atoms with van der Waals surface area (Å²) in [6.45, 7) is 10.5. The monoisotopic (exact) mass is 242 g/mol. The Morgan fingerprint density at radius 2 is 2.12 bits per heavy atom. The average molecular weight is 242 g/mol. The minimum Gasteiger partial charge on any atom is -0.444 e. The number of piperidine rings is 1. The Morgan fingerprint density at radius 3 is 2.71 bits per heavy atom. The van der Waals surface area contributed by atoms with Crippen LogP contribution >= 0.6 is 0 Å². The summed E-state index contributed by atoms with van der Waals surface area (Å²) in [6.07, 6.45) is 3.20. The number of nitrogens with zero attached hydrogens (tertiary/aromatic N) is 1. The zero-order valence-corrected chi connectivity index (χ0v) is 11.6. The van der Waals surface area contributed by atoms with Crippen molar-refractivity contribution < 1.29 is 9.53 Å². The summed E-state index contributed by atoms with van der Waals surface area (Å²) in [6, 6.07) is 0.290. The van der Waals surface area contributed by atoms with Crippen LogP contribution in [-0.4, -0.2) is 42.3 Å². The molecule has 0 aromatic carbocycles. The van der Waals surface area contributed by atoms with Crippen LogP contribution in [0.1, 0.15) is 47.0 Å². The van der Waals surface area contributed by atoms with Crippen molar-refractivity contribution in [3.05, 3.63) is 0 Å². The molecule has 0 bridgehead atoms. The molecule has 4 heteroatoms. The molecule has 1 atom stereocenters. The fourth-order valence-corrected chi connectivity index (χ4v) is 2.08. The topological polar surface area (TPSA) is 41.6 Å². The van der Waals surface area contributed by atoms with Gasteiger partial charge in [-0.15, -0.1) is 0 Å². The standard InChI is InChI=1S/C13H26N2O2/c1-5-14-10-11-8-6-7-9-15(11)12(16)17-13(2,3)4/h11,14H,5-10H2,1-4H3/t11-/m0/s1. The maximum Gasteiger partial charge on any atom is 0.410 e. The molecule has 1 aliphatic heterocycles. The van der Waals surface area contributed by atoms with E-state index in [1.165, 1.54) is 6.42 Å². The van der Waals surface area contributed by atoms with Gasteiger partial charge in [0.2, 0.25) is 0 Å². The molecule has 1 N–H and O–H groups in total. The number of carbonyl (C=O) groups excluding carboxylic acids is 1. The van der Waals surface area contributed by atoms with Crippen molar-refractivity contribution in [1.29, 1.82) is 0 Å². The summed E-state index contributed by atoms with van der Waals surface area (Å²) in [5.74, 6) is 0. The molecule has 100 valence electrons. The maximum atomic E-state index is 12.1. The second-order valence-corrected chi connectivity index (χ2v) is 5.63. The van der Waals surface area contributed by atoms with E-state index in [1.807, 2.05) is 25.7 Å². The summed E-state index contributed by atoms with van der Waals surface area (Å²) in [5.41, 5.74) is -0.405. The van der Waals surface area contributed by atoms with Gasteiger partial charge in [0, 0.05) is 19.1 Å². The molecule has 0 aromatic rings. The van der Waals surface area contributed by atoms with Crippen LogP contribution in [0, 0.1) is 0 Å². The quantitative estimate of drug-likeness (QED) is 0.826. The van der Waals surface area contributed by atoms with Crippen molar-refractivity contribution in [3.63, 3.8) is 0 Å². The molecule has 1 saturated heterocycles. The lowest BCUT2D eigenvalue weighted by molar-refractivity contribution is 0.0100. The van der Waals surface area contributed by atoms with Gasteiger partial charge in [0.15, 0.2) is 0 Å². The van der Waals surface area contributed by atoms with E-state index in [1.54, 1.807) is 0 Å². The zero-order chi connectivity index (χ0) is 12.9. The second-order valence-electron chi connectivity index (χ2n) is 5.63. The van der Waals surface area contributed by atoms with Gasteiger partial charge < -0.3 is 15.0 Å². The Kier molecular flexibility index (Phi) is 5.25. The van der Waals surface area contributed by atoms with E-state index in [4.69, 9.17) is 4.74 Å². The molecule has 1 rings (SSSR count). The highest BCUT2D eigenvalue weighted by Crippen LogP contribution is 2.19. The predicted octanol–water partition coefficient (Wildman–Crippen LogP) is 2.39. The third-order valence-corrected chi connectivity index (χ3v) is 2.89. The molecule has 1 fully saturated rings. The minimum atomic E-state index is -0.405. The Labute approximate surface area is 105 Å². The number of nitrogens with one attached hydrogen (secondary N) is 1. The number of carbonyl (C=O) groups is 1. The van der Waals surface area contributed by atoms with Crippen LogP contribution in [0.25, 0.3) is 0 Å². The molecule has 0 unspecified atom stereocenters. The van der Waals surface area contributed by atoms with Gasteiger partial charge in [0.1, 0.15) is 5.60 Å². The molecule has 17 heavy (non-hydrogen) atoms. The molecule has 1 heterocycles. The number of hydrogen-bond acceptors (Lipinski definition) is 3. The summed E-state index contributed by atoms with van der Waals surface area (Å²) in [5, 5.41) is 3.32. The third-order valence-electron chi connectivity index (χ3n) is 2.89. The molecule has 0 aliphatic carbocycles. The summed E-state index contributed by atoms with van der Waals surface area (Å²) >= 11 is 0. The molecule has 0 radical (unpaired) electrons. The van der Waals surface area contributed by atoms with Gasteiger partial charge in [-0.2, -0.15) is 0 Å². The number of ether oxygens (including phenoxy) is 1. The van der Waals surface area contributed by atoms with Crippen LogP contribution in [0.4, 0.5) is 4.79 Å². The van der Waals surface area contributed by atoms with Crippen LogP contribution in [-0.2, 0) is 4.74 Å². The summed E-state index contributed by atoms with van der Waals surface area (Å²) < 4.78 is 5.45. The Bertz CT molecular complexity index is 248. The van der Waals surface area contributed by atoms with Crippen molar-refractivity contribution in [2.75, 3.05) is 19.6 Å². The molecular formula is C13H26N2O2. The molecular weight excluding hydrogens is 216 g/mol. The van der Waals surface area contributed by atoms with Crippen LogP contribution < -0.4 is 5.32 Å². The highest BCUT2D eigenvalue weighted by atomic mass is 16.6. The van der Waals surface area contributed by atoms with Crippen LogP contribution in [0.5, 0.6) is 0 Å². The van der Waals surface area contributed by atoms with Gasteiger partial charge in [0.05, 0.1) is 0 Å². The fraction of sp³-hybridized carbons (Fsp3) is 0.923. The second kappa shape index (κ2) is 6.24. The lowest BCUT2D eigenvalue weighted by Gasteiger charge is -2.36. The number of likely N-dealkylation sites (N-methyl/N-ethyl adjacent to an activating group) is 1. The van der Waals surface area contributed by atoms with Crippen LogP contribution in [0.2, 0.25) is 0 Å². The first-order chi connectivity index (χ1) is 7.94. The first-order valence-electron chi connectivity index (χ1n) is 6.64. The van der Waals surface area contributed by atoms with E-state index in [-0.39, 0.29) is 6.09 Å². The van der Waals surface area contributed by atoms with Crippen molar-refractivity contribution in [3.8, 4) is 0 Å². The van der Waals surface area contributed by atoms with E-state index in [0.29, 0.717) is 6.04 Å². The normalized spacial score (nSPS) is 21.4. The minimum absolute atomic E-state index is 0.167. The molecule has 4 nitrogen and oxygen atoms in total. The largest absolute Gasteiger partial charge is 0.444 e. The van der Waals surface area contributed by atoms with Crippen LogP contribution in [0.3, 0.4) is 0 Å². The third kappa shape index (κ3) is 4.94. The Morgan fingerprint density at radius 1 is 1.41 bits per heavy atom. The van der Waals surface area contributed by atoms with Crippen molar-refractivity contribution in [2.45, 2.75) is 58.6 Å². The molecule has 1 amide bonds. The summed E-state index contributed by atoms with van der Waals surface area (Å²) in [4.78, 5) is 13.9. The first kappa shape index (κ1) is 14.3. The van der Waals surface area contributed by atoms with Gasteiger partial charge in [-0.3, -0.25) is 0 Å². The SMILES string of the molecule is CCNC[C@@H]1CCCCN1C(=O)OC(C)(C)C. The lowest BCUT2D eigenvalue weighted by Crippen LogP contribution is -2.50. The highest BCUT2D eigenvalue weighted by molar-refractivity contribution is 5.68. The molecule has 0 aromatic heterocycles. The number of likely N-dealkylation sites (tertiary alicyclic amines) is 1. The Balaban J connectivity index is 2.54. The fourth-order valence-electron chi connectivity index (χ4n) is 2.08. The van der Waals surface area contributed by atoms with Crippen molar-refractivity contribution >= 4 is 6.09 Å². The molecule has 0 saturated carbocycles. The summed E-state index contributed by atoms with van der Waals surface area (Å²) in [7, 11) is 0. The van der Waals surface area contributed by atoms with Gasteiger partial charge in [-0.25, -0.2) is 4.79 Å². The zero-order valence-electron chi connectivity index (χ0n) is 11.6. The smallest absolute Gasteiger partial charge is 0.410 e. The van der Waals surface area contributed by atoms with E-state index in [9.17, 15) is 4.79 Å². The van der Waals surface area contributed by atoms with Gasteiger partial charge in [0.25, 0.3) is 0 Å². The lowest BCUT2D eigenvalue weighted by atomic mass is 10.0. The first-order valence-corrected chi connectivity index (χ1v) is 6.64. The van der Waals surface area contributed by atoms with E-state index in [2.05, 4.69) is 12.2 Å². The van der Waals surface area contributed by atoms with E-state index < -0.39 is 5.60 Å². The maximum absolute atomic E-state index is 12.1. The molecule has 1 aliphatic rings. The van der Waals surface area contributed by atoms with Gasteiger partial charge in [-0.1, -0.05) is 6.92 Å². The molecule has 0 spiro atoms. The number of hydrogen-bond donors (Lipinski definition) is 1. The van der Waals surface area contributed by atoms with E-state index in [0.717, 1.165) is 32.5 Å². The predicted molar refractivity (Wildman–Crippen MR) is 69.1 cm³/mol. The Hall–Kier alpha value is -0.770. The van der Waals surface area contributed by atoms with Gasteiger partial charge >= 0.3 is 6.09 Å².